The van der Waals surface area contributed by atoms with E-state index in [-0.39, 0.29) is 18.3 Å². The van der Waals surface area contributed by atoms with Gasteiger partial charge in [0, 0.05) is 0 Å². The van der Waals surface area contributed by atoms with Crippen molar-refractivity contribution in [2.45, 2.75) is 26.7 Å². The Bertz CT molecular complexity index is 795. The van der Waals surface area contributed by atoms with Gasteiger partial charge in [-0.2, -0.15) is 5.10 Å². The normalized spacial score (nSPS) is 11.0. The number of nitro groups is 1. The zero-order chi connectivity index (χ0) is 18.4. The molecule has 0 aliphatic heterocycles. The predicted octanol–water partition coefficient (Wildman–Crippen LogP) is 3.15. The molecule has 1 aromatic carbocycles. The summed E-state index contributed by atoms with van der Waals surface area (Å²) in [7, 11) is 0. The van der Waals surface area contributed by atoms with Crippen LogP contribution in [0.3, 0.4) is 0 Å². The number of amides is 1. The van der Waals surface area contributed by atoms with Gasteiger partial charge in [0.25, 0.3) is 5.91 Å². The first-order valence-corrected chi connectivity index (χ1v) is 7.66. The third-order valence-corrected chi connectivity index (χ3v) is 3.32. The van der Waals surface area contributed by atoms with Gasteiger partial charge in [-0.3, -0.25) is 14.9 Å². The molecule has 25 heavy (non-hydrogen) atoms. The van der Waals surface area contributed by atoms with Gasteiger partial charge in [0.05, 0.1) is 12.3 Å². The highest BCUT2D eigenvalue weighted by Gasteiger charge is 2.11. The Balaban J connectivity index is 1.89. The van der Waals surface area contributed by atoms with Gasteiger partial charge >= 0.3 is 5.88 Å². The van der Waals surface area contributed by atoms with Gasteiger partial charge in [-0.05, 0) is 36.1 Å². The Morgan fingerprint density at radius 2 is 2.16 bits per heavy atom. The van der Waals surface area contributed by atoms with Crippen molar-refractivity contribution in [2.75, 3.05) is 6.61 Å². The molecular weight excluding hydrogens is 326 g/mol. The summed E-state index contributed by atoms with van der Waals surface area (Å²) in [6, 6.07) is 8.45. The van der Waals surface area contributed by atoms with E-state index in [0.29, 0.717) is 5.75 Å². The molecule has 8 heteroatoms. The summed E-state index contributed by atoms with van der Waals surface area (Å²) in [5.41, 5.74) is 4.34. The van der Waals surface area contributed by atoms with Crippen molar-refractivity contribution >= 4 is 18.0 Å². The van der Waals surface area contributed by atoms with E-state index in [2.05, 4.69) is 10.5 Å². The minimum atomic E-state index is -0.655. The van der Waals surface area contributed by atoms with Crippen molar-refractivity contribution in [1.29, 1.82) is 0 Å². The van der Waals surface area contributed by atoms with E-state index in [1.165, 1.54) is 18.3 Å². The minimum Gasteiger partial charge on any atom is -0.483 e. The Morgan fingerprint density at radius 1 is 1.40 bits per heavy atom. The summed E-state index contributed by atoms with van der Waals surface area (Å²) in [4.78, 5) is 21.6. The average Bonchev–Trinajstić information content (AvgIpc) is 3.02. The average molecular weight is 345 g/mol. The topological polar surface area (TPSA) is 107 Å². The number of carbonyl (C=O) groups excluding carboxylic acids is 1. The predicted molar refractivity (Wildman–Crippen MR) is 91.9 cm³/mol. The number of nitrogens with zero attached hydrogens (tertiary/aromatic N) is 2. The largest absolute Gasteiger partial charge is 0.483 e. The molecule has 0 fully saturated rings. The van der Waals surface area contributed by atoms with Crippen LogP contribution in [-0.4, -0.2) is 23.7 Å². The highest BCUT2D eigenvalue weighted by atomic mass is 16.6. The Kier molecular flexibility index (Phi) is 5.89. The van der Waals surface area contributed by atoms with E-state index >= 15 is 0 Å². The summed E-state index contributed by atoms with van der Waals surface area (Å²) in [5, 5.41) is 14.2. The first kappa shape index (κ1) is 18.2. The maximum atomic E-state index is 11.8. The number of nitrogens with one attached hydrogen (secondary N) is 1. The van der Waals surface area contributed by atoms with E-state index < -0.39 is 16.7 Å². The van der Waals surface area contributed by atoms with Crippen LogP contribution in [0.25, 0.3) is 0 Å². The summed E-state index contributed by atoms with van der Waals surface area (Å²) in [6.07, 6.45) is 1.18. The summed E-state index contributed by atoms with van der Waals surface area (Å²) >= 11 is 0. The van der Waals surface area contributed by atoms with Gasteiger partial charge in [0.15, 0.2) is 12.4 Å². The fraction of sp³-hybridized carbons (Fsp3) is 0.294. The van der Waals surface area contributed by atoms with Gasteiger partial charge < -0.3 is 9.15 Å². The van der Waals surface area contributed by atoms with Gasteiger partial charge in [-0.1, -0.05) is 26.0 Å². The third kappa shape index (κ3) is 5.17. The van der Waals surface area contributed by atoms with Crippen molar-refractivity contribution in [2.24, 2.45) is 5.10 Å². The summed E-state index contributed by atoms with van der Waals surface area (Å²) in [6.45, 7) is 5.84. The first-order chi connectivity index (χ1) is 11.9. The van der Waals surface area contributed by atoms with Gasteiger partial charge in [-0.25, -0.2) is 5.43 Å². The van der Waals surface area contributed by atoms with Crippen LogP contribution in [0.1, 0.15) is 36.7 Å². The molecule has 0 atom stereocenters. The first-order valence-electron chi connectivity index (χ1n) is 7.66. The fourth-order valence-corrected chi connectivity index (χ4v) is 2.10. The highest BCUT2D eigenvalue weighted by molar-refractivity contribution is 5.81. The standard InChI is InChI=1S/C17H19N3O5/c1-11(2)14-6-4-12(3)8-15(14)24-10-16(21)19-18-9-13-5-7-17(25-13)20(22)23/h4-9,11H,10H2,1-3H3,(H,19,21). The molecule has 0 bridgehead atoms. The second kappa shape index (κ2) is 8.09. The van der Waals surface area contributed by atoms with Crippen LogP contribution in [-0.2, 0) is 4.79 Å². The molecule has 0 saturated carbocycles. The molecule has 132 valence electrons. The Labute approximate surface area is 144 Å². The molecule has 8 nitrogen and oxygen atoms in total. The molecule has 0 unspecified atom stereocenters. The number of hydrazone groups is 1. The highest BCUT2D eigenvalue weighted by Crippen LogP contribution is 2.27. The van der Waals surface area contributed by atoms with Crippen LogP contribution >= 0.6 is 0 Å². The van der Waals surface area contributed by atoms with E-state index in [4.69, 9.17) is 9.15 Å². The van der Waals surface area contributed by atoms with Crippen molar-refractivity contribution in [3.05, 3.63) is 57.3 Å². The lowest BCUT2D eigenvalue weighted by molar-refractivity contribution is -0.402. The van der Waals surface area contributed by atoms with E-state index in [9.17, 15) is 14.9 Å². The van der Waals surface area contributed by atoms with Gasteiger partial charge in [0.2, 0.25) is 0 Å². The maximum absolute atomic E-state index is 11.8. The molecule has 1 amide bonds. The van der Waals surface area contributed by atoms with Crippen LogP contribution < -0.4 is 10.2 Å². The molecule has 0 aliphatic carbocycles. The van der Waals surface area contributed by atoms with Crippen LogP contribution in [0.2, 0.25) is 0 Å². The Hall–Kier alpha value is -3.16. The lowest BCUT2D eigenvalue weighted by Crippen LogP contribution is -2.24. The SMILES string of the molecule is Cc1ccc(C(C)C)c(OCC(=O)NN=Cc2ccc([N+](=O)[O-])o2)c1. The molecule has 1 aromatic heterocycles. The van der Waals surface area contributed by atoms with E-state index in [0.717, 1.165) is 11.1 Å². The van der Waals surface area contributed by atoms with Crippen molar-refractivity contribution in [3.8, 4) is 5.75 Å². The second-order valence-corrected chi connectivity index (χ2v) is 5.71. The molecule has 0 radical (unpaired) electrons. The minimum absolute atomic E-state index is 0.161. The zero-order valence-corrected chi connectivity index (χ0v) is 14.2. The molecular formula is C17H19N3O5. The molecule has 1 N–H and O–H groups in total. The number of aryl methyl sites for hydroxylation is 1. The van der Waals surface area contributed by atoms with Crippen LogP contribution in [0.4, 0.5) is 5.88 Å². The number of hydrogen-bond donors (Lipinski definition) is 1. The molecule has 0 saturated heterocycles. The van der Waals surface area contributed by atoms with Crippen LogP contribution in [0.5, 0.6) is 5.75 Å². The van der Waals surface area contributed by atoms with Crippen molar-refractivity contribution in [1.82, 2.24) is 5.43 Å². The van der Waals surface area contributed by atoms with Crippen molar-refractivity contribution < 1.29 is 18.9 Å². The quantitative estimate of drug-likeness (QED) is 0.471. The number of benzene rings is 1. The van der Waals surface area contributed by atoms with Crippen LogP contribution in [0.15, 0.2) is 39.9 Å². The zero-order valence-electron chi connectivity index (χ0n) is 14.2. The van der Waals surface area contributed by atoms with Crippen molar-refractivity contribution in [3.63, 3.8) is 0 Å². The number of furan rings is 1. The number of rotatable bonds is 7. The van der Waals surface area contributed by atoms with Gasteiger partial charge in [0.1, 0.15) is 10.7 Å². The lowest BCUT2D eigenvalue weighted by atomic mass is 10.0. The molecule has 0 aliphatic rings. The smallest absolute Gasteiger partial charge is 0.433 e. The number of ether oxygens (including phenoxy) is 1. The van der Waals surface area contributed by atoms with Crippen LogP contribution in [0, 0.1) is 17.0 Å². The Morgan fingerprint density at radius 3 is 2.80 bits per heavy atom. The second-order valence-electron chi connectivity index (χ2n) is 5.71. The summed E-state index contributed by atoms with van der Waals surface area (Å²) < 4.78 is 10.5. The monoisotopic (exact) mass is 345 g/mol. The number of hydrogen-bond acceptors (Lipinski definition) is 6. The maximum Gasteiger partial charge on any atom is 0.433 e. The van der Waals surface area contributed by atoms with E-state index in [1.807, 2.05) is 39.0 Å². The fourth-order valence-electron chi connectivity index (χ4n) is 2.10. The van der Waals surface area contributed by atoms with E-state index in [1.54, 1.807) is 0 Å². The third-order valence-electron chi connectivity index (χ3n) is 3.32. The lowest BCUT2D eigenvalue weighted by Gasteiger charge is -2.14. The molecule has 0 spiro atoms. The summed E-state index contributed by atoms with van der Waals surface area (Å²) in [5.74, 6) is 0.251. The van der Waals surface area contributed by atoms with Gasteiger partial charge in [-0.15, -0.1) is 0 Å². The molecule has 1 heterocycles. The molecule has 2 rings (SSSR count). The molecule has 2 aromatic rings. The number of carbonyl (C=O) groups is 1.